The third-order valence-electron chi connectivity index (χ3n) is 4.65. The van der Waals surface area contributed by atoms with Crippen molar-refractivity contribution in [1.82, 2.24) is 15.0 Å². The highest BCUT2D eigenvalue weighted by atomic mass is 16.6. The smallest absolute Gasteiger partial charge is 0.329 e. The van der Waals surface area contributed by atoms with Gasteiger partial charge in [-0.05, 0) is 37.1 Å². The Hall–Kier alpha value is -3.62. The van der Waals surface area contributed by atoms with Crippen LogP contribution in [0, 0.1) is 0 Å². The summed E-state index contributed by atoms with van der Waals surface area (Å²) in [6.07, 6.45) is 2.67. The van der Waals surface area contributed by atoms with E-state index >= 15 is 0 Å². The second kappa shape index (κ2) is 8.17. The molecular formula is C20H19N3O6. The van der Waals surface area contributed by atoms with Gasteiger partial charge in [0.15, 0.2) is 12.4 Å². The molecule has 0 N–H and O–H groups in total. The van der Waals surface area contributed by atoms with Crippen LogP contribution in [0.25, 0.3) is 11.4 Å². The molecule has 3 heterocycles. The molecular weight excluding hydrogens is 378 g/mol. The van der Waals surface area contributed by atoms with Crippen LogP contribution in [0.4, 0.5) is 0 Å². The summed E-state index contributed by atoms with van der Waals surface area (Å²) in [4.78, 5) is 30.7. The van der Waals surface area contributed by atoms with E-state index in [1.54, 1.807) is 25.3 Å². The maximum atomic E-state index is 12.5. The van der Waals surface area contributed by atoms with Gasteiger partial charge < -0.3 is 23.3 Å². The van der Waals surface area contributed by atoms with E-state index in [1.165, 1.54) is 11.2 Å². The van der Waals surface area contributed by atoms with Crippen LogP contribution in [0.3, 0.4) is 0 Å². The lowest BCUT2D eigenvalue weighted by Crippen LogP contribution is -2.41. The molecule has 4 rings (SSSR count). The number of amides is 1. The Morgan fingerprint density at radius 1 is 1.28 bits per heavy atom. The Kier molecular flexibility index (Phi) is 5.28. The first-order valence-electron chi connectivity index (χ1n) is 9.14. The predicted octanol–water partition coefficient (Wildman–Crippen LogP) is 2.69. The molecule has 1 atom stereocenters. The van der Waals surface area contributed by atoms with Crippen molar-refractivity contribution in [3.63, 3.8) is 0 Å². The Balaban J connectivity index is 1.38. The number of benzene rings is 1. The van der Waals surface area contributed by atoms with Crippen molar-refractivity contribution in [2.24, 2.45) is 0 Å². The monoisotopic (exact) mass is 397 g/mol. The van der Waals surface area contributed by atoms with Crippen LogP contribution in [0.15, 0.2) is 51.6 Å². The van der Waals surface area contributed by atoms with E-state index in [-0.39, 0.29) is 24.2 Å². The third-order valence-corrected chi connectivity index (χ3v) is 4.65. The topological polar surface area (TPSA) is 108 Å². The zero-order valence-electron chi connectivity index (χ0n) is 15.7. The number of hydrogen-bond acceptors (Lipinski definition) is 8. The second-order valence-corrected chi connectivity index (χ2v) is 6.49. The Morgan fingerprint density at radius 2 is 2.17 bits per heavy atom. The van der Waals surface area contributed by atoms with E-state index in [2.05, 4.69) is 10.1 Å². The number of aromatic nitrogens is 2. The summed E-state index contributed by atoms with van der Waals surface area (Å²) in [7, 11) is 1.57. The minimum atomic E-state index is -0.659. The van der Waals surface area contributed by atoms with Gasteiger partial charge in [0.1, 0.15) is 11.8 Å². The maximum Gasteiger partial charge on any atom is 0.329 e. The van der Waals surface area contributed by atoms with E-state index in [9.17, 15) is 9.59 Å². The molecule has 1 saturated heterocycles. The number of esters is 1. The summed E-state index contributed by atoms with van der Waals surface area (Å²) in [6.45, 7) is 0.301. The number of hydrogen-bond donors (Lipinski definition) is 0. The number of carbonyl (C=O) groups excluding carboxylic acids is 2. The maximum absolute atomic E-state index is 12.5. The zero-order valence-corrected chi connectivity index (χ0v) is 15.7. The number of rotatable bonds is 6. The summed E-state index contributed by atoms with van der Waals surface area (Å²) in [5.74, 6) is 0.562. The third kappa shape index (κ3) is 3.98. The van der Waals surface area contributed by atoms with Crippen molar-refractivity contribution in [3.05, 3.63) is 54.3 Å². The molecule has 1 fully saturated rings. The van der Waals surface area contributed by atoms with Gasteiger partial charge in [-0.3, -0.25) is 4.79 Å². The lowest BCUT2D eigenvalue weighted by atomic mass is 10.2. The number of likely N-dealkylation sites (tertiary alicyclic amines) is 1. The molecule has 1 aliphatic rings. The molecule has 1 aromatic carbocycles. The summed E-state index contributed by atoms with van der Waals surface area (Å²) in [5.41, 5.74) is 0.719. The van der Waals surface area contributed by atoms with Crippen molar-refractivity contribution in [2.75, 3.05) is 13.7 Å². The Labute approximate surface area is 166 Å². The van der Waals surface area contributed by atoms with Crippen LogP contribution >= 0.6 is 0 Å². The summed E-state index contributed by atoms with van der Waals surface area (Å²) in [6, 6.07) is 9.76. The highest BCUT2D eigenvalue weighted by Crippen LogP contribution is 2.23. The summed E-state index contributed by atoms with van der Waals surface area (Å²) < 4.78 is 20.8. The van der Waals surface area contributed by atoms with Gasteiger partial charge >= 0.3 is 5.97 Å². The molecule has 1 unspecified atom stereocenters. The Morgan fingerprint density at radius 3 is 2.97 bits per heavy atom. The molecule has 0 bridgehead atoms. The van der Waals surface area contributed by atoms with Gasteiger partial charge in [-0.15, -0.1) is 0 Å². The number of methoxy groups -OCH3 is 1. The SMILES string of the molecule is COc1cccc(-c2noc(COC(=O)C3CCCN3C(=O)c3ccco3)n2)c1. The minimum absolute atomic E-state index is 0.165. The first-order chi connectivity index (χ1) is 14.2. The van der Waals surface area contributed by atoms with E-state index < -0.39 is 12.0 Å². The van der Waals surface area contributed by atoms with Crippen molar-refractivity contribution in [3.8, 4) is 17.1 Å². The molecule has 29 heavy (non-hydrogen) atoms. The highest BCUT2D eigenvalue weighted by Gasteiger charge is 2.36. The van der Waals surface area contributed by atoms with Crippen LogP contribution in [0.2, 0.25) is 0 Å². The molecule has 1 amide bonds. The molecule has 2 aromatic heterocycles. The molecule has 1 aliphatic heterocycles. The van der Waals surface area contributed by atoms with Crippen molar-refractivity contribution >= 4 is 11.9 Å². The normalized spacial score (nSPS) is 16.0. The first-order valence-corrected chi connectivity index (χ1v) is 9.14. The fourth-order valence-corrected chi connectivity index (χ4v) is 3.22. The van der Waals surface area contributed by atoms with Gasteiger partial charge in [-0.2, -0.15) is 4.98 Å². The quantitative estimate of drug-likeness (QED) is 0.584. The predicted molar refractivity (Wildman–Crippen MR) is 98.8 cm³/mol. The van der Waals surface area contributed by atoms with E-state index in [0.717, 1.165) is 5.56 Å². The lowest BCUT2D eigenvalue weighted by molar-refractivity contribution is -0.150. The molecule has 0 aliphatic carbocycles. The molecule has 150 valence electrons. The standard InChI is InChI=1S/C20H19N3O6/c1-26-14-6-2-5-13(11-14)18-21-17(29-22-18)12-28-20(25)15-7-3-9-23(15)19(24)16-8-4-10-27-16/h2,4-6,8,10-11,15H,3,7,9,12H2,1H3. The van der Waals surface area contributed by atoms with Gasteiger partial charge in [-0.25, -0.2) is 4.79 Å². The van der Waals surface area contributed by atoms with Crippen LogP contribution < -0.4 is 4.74 Å². The number of furan rings is 1. The van der Waals surface area contributed by atoms with Crippen molar-refractivity contribution < 1.29 is 28.0 Å². The first kappa shape index (κ1) is 18.7. The lowest BCUT2D eigenvalue weighted by Gasteiger charge is -2.21. The van der Waals surface area contributed by atoms with Crippen LogP contribution in [-0.2, 0) is 16.1 Å². The molecule has 0 saturated carbocycles. The van der Waals surface area contributed by atoms with Crippen LogP contribution in [0.5, 0.6) is 5.75 Å². The van der Waals surface area contributed by atoms with E-state index in [1.807, 2.05) is 18.2 Å². The van der Waals surface area contributed by atoms with Crippen molar-refractivity contribution in [1.29, 1.82) is 0 Å². The fourth-order valence-electron chi connectivity index (χ4n) is 3.22. The van der Waals surface area contributed by atoms with Gasteiger partial charge in [0.05, 0.1) is 13.4 Å². The van der Waals surface area contributed by atoms with Gasteiger partial charge in [0.2, 0.25) is 5.82 Å². The molecule has 0 radical (unpaired) electrons. The number of nitrogens with zero attached hydrogens (tertiary/aromatic N) is 3. The highest BCUT2D eigenvalue weighted by molar-refractivity contribution is 5.94. The van der Waals surface area contributed by atoms with E-state index in [0.29, 0.717) is 31.0 Å². The fraction of sp³-hybridized carbons (Fsp3) is 0.300. The van der Waals surface area contributed by atoms with Crippen LogP contribution in [-0.4, -0.2) is 46.6 Å². The average Bonchev–Trinajstić information content (AvgIpc) is 3.52. The van der Waals surface area contributed by atoms with Crippen LogP contribution in [0.1, 0.15) is 29.3 Å². The van der Waals surface area contributed by atoms with Gasteiger partial charge in [0, 0.05) is 12.1 Å². The molecule has 9 nitrogen and oxygen atoms in total. The largest absolute Gasteiger partial charge is 0.497 e. The van der Waals surface area contributed by atoms with Gasteiger partial charge in [-0.1, -0.05) is 17.3 Å². The minimum Gasteiger partial charge on any atom is -0.497 e. The molecule has 0 spiro atoms. The second-order valence-electron chi connectivity index (χ2n) is 6.49. The van der Waals surface area contributed by atoms with Gasteiger partial charge in [0.25, 0.3) is 11.8 Å². The number of carbonyl (C=O) groups is 2. The Bertz CT molecular complexity index is 997. The summed E-state index contributed by atoms with van der Waals surface area (Å²) in [5, 5.41) is 3.90. The summed E-state index contributed by atoms with van der Waals surface area (Å²) >= 11 is 0. The number of ether oxygens (including phenoxy) is 2. The molecule has 9 heteroatoms. The average molecular weight is 397 g/mol. The van der Waals surface area contributed by atoms with E-state index in [4.69, 9.17) is 18.4 Å². The van der Waals surface area contributed by atoms with Crippen molar-refractivity contribution in [2.45, 2.75) is 25.5 Å². The zero-order chi connectivity index (χ0) is 20.2. The molecule has 3 aromatic rings.